The maximum atomic E-state index is 15.4. The van der Waals surface area contributed by atoms with Gasteiger partial charge in [0.15, 0.2) is 5.60 Å². The summed E-state index contributed by atoms with van der Waals surface area (Å²) in [5, 5.41) is 21.3. The number of nitriles is 1. The SMILES string of the molecule is N#CC1(c2ccc(-c3ccc(N4CC5(C[C@@H]5n5ccnn5)OC4=O)cc3F)cn2)[C@@H]2CN(C(=O)CN3CCNCC3)C[C@@H]21. The van der Waals surface area contributed by atoms with Gasteiger partial charge in [-0.2, -0.15) is 5.26 Å². The molecule has 220 valence electrons. The van der Waals surface area contributed by atoms with Crippen LogP contribution in [0.5, 0.6) is 0 Å². The number of hydrogen-bond acceptors (Lipinski definition) is 9. The number of likely N-dealkylation sites (tertiary alicyclic amines) is 1. The molecule has 2 unspecified atom stereocenters. The predicted molar refractivity (Wildman–Crippen MR) is 150 cm³/mol. The number of piperazine rings is 1. The van der Waals surface area contributed by atoms with Crippen LogP contribution in [0.2, 0.25) is 0 Å². The average molecular weight is 584 g/mol. The van der Waals surface area contributed by atoms with Crippen molar-refractivity contribution in [3.8, 4) is 17.2 Å². The van der Waals surface area contributed by atoms with Crippen LogP contribution in [0, 0.1) is 29.0 Å². The van der Waals surface area contributed by atoms with E-state index in [9.17, 15) is 14.9 Å². The Balaban J connectivity index is 0.935. The molecule has 3 aliphatic heterocycles. The van der Waals surface area contributed by atoms with Gasteiger partial charge in [-0.05, 0) is 24.3 Å². The molecule has 3 aromatic rings. The highest BCUT2D eigenvalue weighted by molar-refractivity contribution is 5.91. The van der Waals surface area contributed by atoms with Crippen molar-refractivity contribution in [2.24, 2.45) is 11.8 Å². The Morgan fingerprint density at radius 1 is 1.19 bits per heavy atom. The zero-order chi connectivity index (χ0) is 29.3. The minimum Gasteiger partial charge on any atom is -0.438 e. The molecule has 43 heavy (non-hydrogen) atoms. The summed E-state index contributed by atoms with van der Waals surface area (Å²) in [5.74, 6) is -0.259. The van der Waals surface area contributed by atoms with Crippen molar-refractivity contribution in [2.75, 3.05) is 57.3 Å². The van der Waals surface area contributed by atoms with Crippen LogP contribution in [-0.2, 0) is 14.9 Å². The molecule has 12 nitrogen and oxygen atoms in total. The van der Waals surface area contributed by atoms with Crippen LogP contribution >= 0.6 is 0 Å². The Morgan fingerprint density at radius 2 is 2.00 bits per heavy atom. The third-order valence-electron chi connectivity index (χ3n) is 9.93. The van der Waals surface area contributed by atoms with Crippen LogP contribution in [-0.4, -0.2) is 99.7 Å². The smallest absolute Gasteiger partial charge is 0.415 e. The first-order valence-corrected chi connectivity index (χ1v) is 14.7. The van der Waals surface area contributed by atoms with E-state index >= 15 is 4.39 Å². The second-order valence-corrected chi connectivity index (χ2v) is 12.2. The number of hydrogen-bond donors (Lipinski definition) is 1. The summed E-state index contributed by atoms with van der Waals surface area (Å²) in [7, 11) is 0. The zero-order valence-corrected chi connectivity index (χ0v) is 23.4. The molecule has 0 bridgehead atoms. The predicted octanol–water partition coefficient (Wildman–Crippen LogP) is 1.57. The molecule has 5 aliphatic rings. The molecule has 1 N–H and O–H groups in total. The van der Waals surface area contributed by atoms with Gasteiger partial charge in [0.25, 0.3) is 0 Å². The summed E-state index contributed by atoms with van der Waals surface area (Å²) in [4.78, 5) is 35.7. The third-order valence-corrected chi connectivity index (χ3v) is 9.93. The van der Waals surface area contributed by atoms with E-state index in [0.29, 0.717) is 55.1 Å². The summed E-state index contributed by atoms with van der Waals surface area (Å²) in [6.45, 7) is 5.36. The number of ether oxygens (including phenoxy) is 1. The van der Waals surface area contributed by atoms with E-state index in [0.717, 1.165) is 26.2 Å². The molecule has 13 heteroatoms. The first-order valence-electron chi connectivity index (χ1n) is 14.7. The molecule has 1 spiro atoms. The van der Waals surface area contributed by atoms with Crippen LogP contribution in [0.1, 0.15) is 18.2 Å². The summed E-state index contributed by atoms with van der Waals surface area (Å²) < 4.78 is 22.8. The van der Waals surface area contributed by atoms with Crippen LogP contribution in [0.25, 0.3) is 11.1 Å². The fourth-order valence-corrected chi connectivity index (χ4v) is 7.36. The summed E-state index contributed by atoms with van der Waals surface area (Å²) in [6.07, 6.45) is 5.04. The van der Waals surface area contributed by atoms with Crippen LogP contribution in [0.3, 0.4) is 0 Å². The van der Waals surface area contributed by atoms with Crippen LogP contribution in [0.4, 0.5) is 14.9 Å². The van der Waals surface area contributed by atoms with Gasteiger partial charge in [-0.1, -0.05) is 11.3 Å². The number of nitrogens with zero attached hydrogens (tertiary/aromatic N) is 8. The maximum absolute atomic E-state index is 15.4. The van der Waals surface area contributed by atoms with Gasteiger partial charge in [0.05, 0.1) is 42.8 Å². The van der Waals surface area contributed by atoms with Crippen molar-refractivity contribution in [3.63, 3.8) is 0 Å². The second-order valence-electron chi connectivity index (χ2n) is 12.2. The molecule has 2 saturated carbocycles. The highest BCUT2D eigenvalue weighted by Gasteiger charge is 2.71. The van der Waals surface area contributed by atoms with Crippen molar-refractivity contribution < 1.29 is 18.7 Å². The van der Waals surface area contributed by atoms with Gasteiger partial charge >= 0.3 is 6.09 Å². The number of aromatic nitrogens is 4. The summed E-state index contributed by atoms with van der Waals surface area (Å²) >= 11 is 0. The lowest BCUT2D eigenvalue weighted by molar-refractivity contribution is -0.132. The molecule has 2 aliphatic carbocycles. The van der Waals surface area contributed by atoms with Gasteiger partial charge in [-0.15, -0.1) is 5.10 Å². The number of halogens is 1. The number of carbonyl (C=O) groups excluding carboxylic acids is 2. The van der Waals surface area contributed by atoms with Gasteiger partial charge in [-0.3, -0.25) is 19.6 Å². The summed E-state index contributed by atoms with van der Waals surface area (Å²) in [5.41, 5.74) is 0.620. The molecular formula is C30H30FN9O3. The second kappa shape index (κ2) is 9.55. The van der Waals surface area contributed by atoms with Crippen LogP contribution in [0.15, 0.2) is 48.9 Å². The van der Waals surface area contributed by atoms with Gasteiger partial charge in [0.1, 0.15) is 11.2 Å². The minimum absolute atomic E-state index is 0.0537. The largest absolute Gasteiger partial charge is 0.438 e. The molecular weight excluding hydrogens is 553 g/mol. The Kier molecular flexibility index (Phi) is 5.83. The number of nitrogens with one attached hydrogen (secondary N) is 1. The quantitative estimate of drug-likeness (QED) is 0.459. The topological polar surface area (TPSA) is 133 Å². The molecule has 5 atom stereocenters. The summed E-state index contributed by atoms with van der Waals surface area (Å²) in [6, 6.07) is 10.7. The minimum atomic E-state index is -0.717. The molecule has 0 radical (unpaired) electrons. The standard InChI is InChI=1S/C30H30FN9O3/c31-24-11-20(39-18-29(43-28(39)42)12-26(29)40-10-7-35-36-40)2-3-21(24)19-1-4-25(34-13-19)30(17-32)22-14-38(15-23(22)30)27(41)16-37-8-5-33-6-9-37/h1-4,7,10-11,13,22-23,26,33H,5-6,8-9,12,14-16,18H2/t22-,23+,26-,29?,30?/m0/s1. The van der Waals surface area contributed by atoms with Crippen molar-refractivity contribution in [3.05, 3.63) is 60.4 Å². The third kappa shape index (κ3) is 4.11. The van der Waals surface area contributed by atoms with Crippen LogP contribution < -0.4 is 10.2 Å². The van der Waals surface area contributed by atoms with Crippen molar-refractivity contribution >= 4 is 17.7 Å². The Labute approximate surface area is 247 Å². The number of carbonyl (C=O) groups is 2. The number of amides is 2. The van der Waals surface area contributed by atoms with Gasteiger partial charge in [0.2, 0.25) is 5.91 Å². The van der Waals surface area contributed by atoms with E-state index in [2.05, 4.69) is 31.6 Å². The molecule has 5 heterocycles. The van der Waals surface area contributed by atoms with E-state index in [1.54, 1.807) is 47.5 Å². The molecule has 3 saturated heterocycles. The lowest BCUT2D eigenvalue weighted by Gasteiger charge is -2.29. The van der Waals surface area contributed by atoms with Crippen molar-refractivity contribution in [1.29, 1.82) is 5.26 Å². The van der Waals surface area contributed by atoms with E-state index in [1.807, 2.05) is 4.90 Å². The van der Waals surface area contributed by atoms with Crippen molar-refractivity contribution in [2.45, 2.75) is 23.5 Å². The van der Waals surface area contributed by atoms with Gasteiger partial charge in [0, 0.05) is 81.0 Å². The molecule has 1 aromatic carbocycles. The molecule has 5 fully saturated rings. The molecule has 2 amide bonds. The highest BCUT2D eigenvalue weighted by atomic mass is 19.1. The first kappa shape index (κ1) is 26.2. The van der Waals surface area contributed by atoms with Crippen molar-refractivity contribution in [1.82, 2.24) is 35.1 Å². The number of fused-ring (bicyclic) bond motifs is 1. The maximum Gasteiger partial charge on any atom is 0.415 e. The Hall–Kier alpha value is -4.41. The fraction of sp³-hybridized carbons (Fsp3) is 0.467. The van der Waals surface area contributed by atoms with E-state index in [1.165, 1.54) is 11.0 Å². The monoisotopic (exact) mass is 583 g/mol. The number of pyridine rings is 1. The molecule has 8 rings (SSSR count). The Bertz CT molecular complexity index is 1620. The first-order chi connectivity index (χ1) is 20.9. The fourth-order valence-electron chi connectivity index (χ4n) is 7.36. The van der Waals surface area contributed by atoms with Gasteiger partial charge in [-0.25, -0.2) is 13.9 Å². The lowest BCUT2D eigenvalue weighted by Crippen LogP contribution is -2.48. The lowest BCUT2D eigenvalue weighted by atomic mass is 9.95. The van der Waals surface area contributed by atoms with E-state index in [-0.39, 0.29) is 23.8 Å². The Morgan fingerprint density at radius 3 is 2.67 bits per heavy atom. The highest BCUT2D eigenvalue weighted by Crippen LogP contribution is 2.63. The zero-order valence-electron chi connectivity index (χ0n) is 23.4. The van der Waals surface area contributed by atoms with Gasteiger partial charge < -0.3 is 15.0 Å². The number of anilines is 1. The van der Waals surface area contributed by atoms with E-state index in [4.69, 9.17) is 4.74 Å². The average Bonchev–Trinajstić information content (AvgIpc) is 3.49. The van der Waals surface area contributed by atoms with E-state index < -0.39 is 22.9 Å². The number of piperidine rings is 1. The normalized spacial score (nSPS) is 31.2. The number of benzene rings is 1. The number of rotatable bonds is 6. The molecule has 2 aromatic heterocycles.